The second-order valence-electron chi connectivity index (χ2n) is 6.82. The van der Waals surface area contributed by atoms with Gasteiger partial charge in [0.2, 0.25) is 0 Å². The van der Waals surface area contributed by atoms with Gasteiger partial charge in [-0.2, -0.15) is 0 Å². The Morgan fingerprint density at radius 3 is 2.31 bits per heavy atom. The lowest BCUT2D eigenvalue weighted by atomic mass is 10.1. The highest BCUT2D eigenvalue weighted by atomic mass is 32.1. The van der Waals surface area contributed by atoms with E-state index in [0.717, 1.165) is 37.4 Å². The number of aryl methyl sites for hydroxylation is 3. The van der Waals surface area contributed by atoms with Crippen LogP contribution in [0.2, 0.25) is 0 Å². The Bertz CT molecular complexity index is 1160. The monoisotopic (exact) mass is 419 g/mol. The maximum Gasteiger partial charge on any atom is 0.263 e. The van der Waals surface area contributed by atoms with Gasteiger partial charge in [-0.3, -0.25) is 4.79 Å². The third-order valence-corrected chi connectivity index (χ3v) is 7.10. The van der Waals surface area contributed by atoms with Crippen molar-refractivity contribution < 1.29 is 4.79 Å². The molecule has 0 unspecified atom stereocenters. The lowest BCUT2D eigenvalue weighted by Gasteiger charge is -2.03. The molecule has 0 aliphatic rings. The number of carbonyl (C=O) groups is 1. The Balaban J connectivity index is 1.50. The van der Waals surface area contributed by atoms with Crippen LogP contribution in [0.5, 0.6) is 0 Å². The molecule has 4 rings (SSSR count). The average molecular weight is 420 g/mol. The highest BCUT2D eigenvalue weighted by Gasteiger charge is 2.17. The third kappa shape index (κ3) is 4.13. The number of amides is 1. The van der Waals surface area contributed by atoms with Gasteiger partial charge in [0.25, 0.3) is 5.91 Å². The van der Waals surface area contributed by atoms with Crippen molar-refractivity contribution >= 4 is 28.6 Å². The summed E-state index contributed by atoms with van der Waals surface area (Å²) in [5, 5.41) is 4.90. The lowest BCUT2D eigenvalue weighted by Crippen LogP contribution is -2.22. The predicted molar refractivity (Wildman–Crippen MR) is 120 cm³/mol. The first-order valence-corrected chi connectivity index (χ1v) is 11.0. The van der Waals surface area contributed by atoms with Gasteiger partial charge in [-0.1, -0.05) is 54.6 Å². The molecule has 0 bridgehead atoms. The molecular weight excluding hydrogens is 398 g/mol. The van der Waals surface area contributed by atoms with Crippen molar-refractivity contribution in [3.05, 3.63) is 81.3 Å². The van der Waals surface area contributed by atoms with Crippen LogP contribution in [0.4, 0.5) is 0 Å². The van der Waals surface area contributed by atoms with Gasteiger partial charge in [0.15, 0.2) is 0 Å². The zero-order chi connectivity index (χ0) is 20.4. The van der Waals surface area contributed by atoms with Gasteiger partial charge in [-0.05, 0) is 26.3 Å². The Kier molecular flexibility index (Phi) is 5.56. The van der Waals surface area contributed by atoms with Crippen LogP contribution in [0.1, 0.15) is 31.5 Å². The molecule has 2 heterocycles. The number of benzene rings is 2. The van der Waals surface area contributed by atoms with Crippen molar-refractivity contribution in [2.24, 2.45) is 0 Å². The topological polar surface area (TPSA) is 54.9 Å². The number of aromatic nitrogens is 2. The van der Waals surface area contributed by atoms with Gasteiger partial charge in [0.1, 0.15) is 14.9 Å². The Labute approximate surface area is 178 Å². The van der Waals surface area contributed by atoms with E-state index in [0.29, 0.717) is 11.4 Å². The standard InChI is InChI=1S/C23H21N3OS2/c1-14-9-7-8-12-18(14)23-25-15(2)19(28-23)13-24-21(27)20-16(3)26-22(29-20)17-10-5-4-6-11-17/h4-12H,13H2,1-3H3,(H,24,27). The van der Waals surface area contributed by atoms with Crippen LogP contribution in [0.15, 0.2) is 54.6 Å². The molecule has 4 aromatic rings. The fourth-order valence-corrected chi connectivity index (χ4v) is 5.15. The van der Waals surface area contributed by atoms with Crippen LogP contribution in [0, 0.1) is 20.8 Å². The van der Waals surface area contributed by atoms with Crippen molar-refractivity contribution in [3.63, 3.8) is 0 Å². The van der Waals surface area contributed by atoms with Crippen molar-refractivity contribution in [1.82, 2.24) is 15.3 Å². The molecule has 0 radical (unpaired) electrons. The summed E-state index contributed by atoms with van der Waals surface area (Å²) in [5.41, 5.74) is 5.09. The summed E-state index contributed by atoms with van der Waals surface area (Å²) < 4.78 is 0. The van der Waals surface area contributed by atoms with Crippen LogP contribution in [-0.4, -0.2) is 15.9 Å². The van der Waals surface area contributed by atoms with E-state index in [2.05, 4.69) is 29.4 Å². The number of nitrogens with one attached hydrogen (secondary N) is 1. The zero-order valence-corrected chi connectivity index (χ0v) is 18.2. The molecule has 146 valence electrons. The van der Waals surface area contributed by atoms with Gasteiger partial charge in [-0.15, -0.1) is 22.7 Å². The van der Waals surface area contributed by atoms with E-state index in [1.54, 1.807) is 11.3 Å². The molecule has 1 N–H and O–H groups in total. The zero-order valence-electron chi connectivity index (χ0n) is 16.5. The summed E-state index contributed by atoms with van der Waals surface area (Å²) in [5.74, 6) is -0.0903. The Morgan fingerprint density at radius 1 is 0.862 bits per heavy atom. The minimum atomic E-state index is -0.0903. The first-order valence-electron chi connectivity index (χ1n) is 9.36. The number of rotatable bonds is 5. The van der Waals surface area contributed by atoms with E-state index < -0.39 is 0 Å². The first kappa shape index (κ1) is 19.5. The Hall–Kier alpha value is -2.83. The van der Waals surface area contributed by atoms with E-state index in [-0.39, 0.29) is 5.91 Å². The second-order valence-corrected chi connectivity index (χ2v) is 8.91. The summed E-state index contributed by atoms with van der Waals surface area (Å²) >= 11 is 3.06. The number of thiazole rings is 2. The molecule has 0 fully saturated rings. The van der Waals surface area contributed by atoms with Crippen molar-refractivity contribution in [2.45, 2.75) is 27.3 Å². The minimum Gasteiger partial charge on any atom is -0.346 e. The smallest absolute Gasteiger partial charge is 0.263 e. The van der Waals surface area contributed by atoms with Gasteiger partial charge >= 0.3 is 0 Å². The van der Waals surface area contributed by atoms with E-state index in [1.807, 2.05) is 56.3 Å². The van der Waals surface area contributed by atoms with E-state index >= 15 is 0 Å². The van der Waals surface area contributed by atoms with Gasteiger partial charge in [-0.25, -0.2) is 9.97 Å². The first-order chi connectivity index (χ1) is 14.0. The van der Waals surface area contributed by atoms with Crippen LogP contribution in [0.25, 0.3) is 21.1 Å². The highest BCUT2D eigenvalue weighted by Crippen LogP contribution is 2.31. The summed E-state index contributed by atoms with van der Waals surface area (Å²) in [6.45, 7) is 6.42. The molecule has 2 aromatic carbocycles. The number of nitrogens with zero attached hydrogens (tertiary/aromatic N) is 2. The highest BCUT2D eigenvalue weighted by molar-refractivity contribution is 7.17. The molecule has 0 aliphatic carbocycles. The third-order valence-electron chi connectivity index (χ3n) is 4.70. The maximum atomic E-state index is 12.8. The molecule has 1 amide bonds. The fraction of sp³-hybridized carbons (Fsp3) is 0.174. The summed E-state index contributed by atoms with van der Waals surface area (Å²) in [6, 6.07) is 18.2. The second kappa shape index (κ2) is 8.27. The molecule has 0 saturated heterocycles. The number of carbonyl (C=O) groups excluding carboxylic acids is 1. The minimum absolute atomic E-state index is 0.0903. The van der Waals surface area contributed by atoms with E-state index in [9.17, 15) is 4.79 Å². The van der Waals surface area contributed by atoms with Crippen molar-refractivity contribution in [2.75, 3.05) is 0 Å². The largest absolute Gasteiger partial charge is 0.346 e. The van der Waals surface area contributed by atoms with Crippen LogP contribution >= 0.6 is 22.7 Å². The number of hydrogen-bond acceptors (Lipinski definition) is 5. The van der Waals surface area contributed by atoms with Crippen molar-refractivity contribution in [3.8, 4) is 21.1 Å². The number of hydrogen-bond donors (Lipinski definition) is 1. The predicted octanol–water partition coefficient (Wildman–Crippen LogP) is 5.79. The molecule has 2 aromatic heterocycles. The quantitative estimate of drug-likeness (QED) is 0.445. The van der Waals surface area contributed by atoms with Crippen LogP contribution in [0.3, 0.4) is 0 Å². The molecule has 29 heavy (non-hydrogen) atoms. The SMILES string of the molecule is Cc1ccccc1-c1nc(C)c(CNC(=O)c2sc(-c3ccccc3)nc2C)s1. The molecule has 0 aliphatic heterocycles. The summed E-state index contributed by atoms with van der Waals surface area (Å²) in [6.07, 6.45) is 0. The molecule has 0 atom stereocenters. The molecular formula is C23H21N3OS2. The van der Waals surface area contributed by atoms with E-state index in [1.165, 1.54) is 16.9 Å². The average Bonchev–Trinajstić information content (AvgIpc) is 3.30. The summed E-state index contributed by atoms with van der Waals surface area (Å²) in [7, 11) is 0. The van der Waals surface area contributed by atoms with Gasteiger partial charge < -0.3 is 5.32 Å². The Morgan fingerprint density at radius 2 is 1.55 bits per heavy atom. The molecule has 6 heteroatoms. The van der Waals surface area contributed by atoms with Crippen LogP contribution in [-0.2, 0) is 6.54 Å². The van der Waals surface area contributed by atoms with Gasteiger partial charge in [0, 0.05) is 16.0 Å². The lowest BCUT2D eigenvalue weighted by molar-refractivity contribution is 0.0954. The molecule has 4 nitrogen and oxygen atoms in total. The molecule has 0 saturated carbocycles. The molecule has 0 spiro atoms. The van der Waals surface area contributed by atoms with E-state index in [4.69, 9.17) is 4.98 Å². The maximum absolute atomic E-state index is 12.8. The fourth-order valence-electron chi connectivity index (χ4n) is 3.07. The van der Waals surface area contributed by atoms with Gasteiger partial charge in [0.05, 0.1) is 17.9 Å². The summed E-state index contributed by atoms with van der Waals surface area (Å²) in [4.78, 5) is 23.8. The van der Waals surface area contributed by atoms with Crippen LogP contribution < -0.4 is 5.32 Å². The van der Waals surface area contributed by atoms with Crippen molar-refractivity contribution in [1.29, 1.82) is 0 Å². The normalized spacial score (nSPS) is 10.9.